The van der Waals surface area contributed by atoms with Crippen LogP contribution in [-0.4, -0.2) is 44.0 Å². The molecule has 170 valence electrons. The molecule has 0 aromatic heterocycles. The predicted molar refractivity (Wildman–Crippen MR) is 118 cm³/mol. The van der Waals surface area contributed by atoms with Crippen LogP contribution in [0.1, 0.15) is 53.3 Å². The van der Waals surface area contributed by atoms with Gasteiger partial charge in [-0.05, 0) is 36.8 Å². The van der Waals surface area contributed by atoms with Crippen molar-refractivity contribution in [3.8, 4) is 5.75 Å². The molecule has 8 heteroatoms. The maximum absolute atomic E-state index is 12.1. The van der Waals surface area contributed by atoms with Gasteiger partial charge < -0.3 is 19.5 Å². The fraction of sp³-hybridized carbons (Fsp3) is 0.333. The van der Waals surface area contributed by atoms with E-state index in [9.17, 15) is 19.2 Å². The van der Waals surface area contributed by atoms with Gasteiger partial charge in [-0.15, -0.1) is 0 Å². The molecule has 2 aromatic carbocycles. The normalized spacial score (nSPS) is 10.2. The molecule has 2 rings (SSSR count). The summed E-state index contributed by atoms with van der Waals surface area (Å²) in [5.74, 6) is -1.39. The van der Waals surface area contributed by atoms with Crippen molar-refractivity contribution in [3.05, 3.63) is 59.7 Å². The highest BCUT2D eigenvalue weighted by Crippen LogP contribution is 2.14. The van der Waals surface area contributed by atoms with Crippen LogP contribution < -0.4 is 10.1 Å². The molecule has 0 unspecified atom stereocenters. The molecule has 0 atom stereocenters. The number of nitrogens with one attached hydrogen (secondary N) is 1. The van der Waals surface area contributed by atoms with Crippen molar-refractivity contribution in [1.82, 2.24) is 0 Å². The molecule has 0 heterocycles. The van der Waals surface area contributed by atoms with E-state index in [0.717, 1.165) is 12.8 Å². The minimum atomic E-state index is -0.662. The van der Waals surface area contributed by atoms with Crippen LogP contribution in [0.4, 0.5) is 5.69 Å². The van der Waals surface area contributed by atoms with E-state index in [1.165, 1.54) is 13.2 Å². The molecule has 0 radical (unpaired) electrons. The van der Waals surface area contributed by atoms with Gasteiger partial charge in [-0.1, -0.05) is 31.5 Å². The SMILES string of the molecule is CCCCOC(=O)c1cccc(NC(=O)CCC(=O)OCC(=O)c2cccc(OC)c2)c1. The quantitative estimate of drug-likeness (QED) is 0.303. The number of anilines is 1. The number of hydrogen-bond donors (Lipinski definition) is 1. The molecule has 0 fully saturated rings. The van der Waals surface area contributed by atoms with Crippen LogP contribution in [0.3, 0.4) is 0 Å². The standard InChI is InChI=1S/C24H27NO7/c1-3-4-13-31-24(29)18-8-5-9-19(14-18)25-22(27)11-12-23(28)32-16-21(26)17-7-6-10-20(15-17)30-2/h5-10,14-15H,3-4,11-13,16H2,1-2H3,(H,25,27). The van der Waals surface area contributed by atoms with E-state index in [1.807, 2.05) is 6.92 Å². The van der Waals surface area contributed by atoms with Crippen molar-refractivity contribution < 1.29 is 33.4 Å². The van der Waals surface area contributed by atoms with Crippen LogP contribution in [0.2, 0.25) is 0 Å². The number of Topliss-reactive ketones (excluding diaryl/α,β-unsaturated/α-hetero) is 1. The van der Waals surface area contributed by atoms with Crippen molar-refractivity contribution in [3.63, 3.8) is 0 Å². The van der Waals surface area contributed by atoms with Crippen LogP contribution in [0, 0.1) is 0 Å². The molecule has 1 amide bonds. The zero-order valence-corrected chi connectivity index (χ0v) is 18.2. The van der Waals surface area contributed by atoms with Gasteiger partial charge in [0.05, 0.1) is 25.7 Å². The first-order chi connectivity index (χ1) is 15.4. The van der Waals surface area contributed by atoms with Gasteiger partial charge in [0, 0.05) is 17.7 Å². The average Bonchev–Trinajstić information content (AvgIpc) is 2.81. The lowest BCUT2D eigenvalue weighted by atomic mass is 10.1. The minimum absolute atomic E-state index is 0.128. The first kappa shape index (κ1) is 24.6. The number of amides is 1. The molecule has 8 nitrogen and oxygen atoms in total. The maximum Gasteiger partial charge on any atom is 0.338 e. The lowest BCUT2D eigenvalue weighted by molar-refractivity contribution is -0.143. The molecule has 0 aliphatic heterocycles. The van der Waals surface area contributed by atoms with Crippen molar-refractivity contribution in [1.29, 1.82) is 0 Å². The molecule has 0 spiro atoms. The summed E-state index contributed by atoms with van der Waals surface area (Å²) in [5.41, 5.74) is 1.11. The topological polar surface area (TPSA) is 108 Å². The third-order valence-electron chi connectivity index (χ3n) is 4.43. The molecule has 2 aromatic rings. The number of methoxy groups -OCH3 is 1. The summed E-state index contributed by atoms with van der Waals surface area (Å²) in [6.45, 7) is 1.92. The van der Waals surface area contributed by atoms with Gasteiger partial charge in [0.25, 0.3) is 0 Å². The Balaban J connectivity index is 1.76. The molecule has 0 aliphatic rings. The highest BCUT2D eigenvalue weighted by atomic mass is 16.5. The Kier molecular flexibility index (Phi) is 9.90. The van der Waals surface area contributed by atoms with E-state index < -0.39 is 24.5 Å². The molecule has 0 bridgehead atoms. The minimum Gasteiger partial charge on any atom is -0.497 e. The van der Waals surface area contributed by atoms with E-state index in [1.54, 1.807) is 42.5 Å². The zero-order chi connectivity index (χ0) is 23.3. The molecule has 32 heavy (non-hydrogen) atoms. The first-order valence-corrected chi connectivity index (χ1v) is 10.3. The average molecular weight is 441 g/mol. The number of carbonyl (C=O) groups is 4. The van der Waals surface area contributed by atoms with Gasteiger partial charge in [-0.2, -0.15) is 0 Å². The molecule has 0 saturated heterocycles. The van der Waals surface area contributed by atoms with E-state index in [2.05, 4.69) is 5.32 Å². The number of carbonyl (C=O) groups excluding carboxylic acids is 4. The Morgan fingerprint density at radius 1 is 0.906 bits per heavy atom. The van der Waals surface area contributed by atoms with Gasteiger partial charge in [-0.25, -0.2) is 4.79 Å². The number of esters is 2. The number of benzene rings is 2. The van der Waals surface area contributed by atoms with Gasteiger partial charge in [0.2, 0.25) is 5.91 Å². The van der Waals surface area contributed by atoms with Crippen molar-refractivity contribution in [2.24, 2.45) is 0 Å². The lowest BCUT2D eigenvalue weighted by Gasteiger charge is -2.08. The summed E-state index contributed by atoms with van der Waals surface area (Å²) in [7, 11) is 1.49. The molecule has 0 saturated carbocycles. The van der Waals surface area contributed by atoms with Gasteiger partial charge in [-0.3, -0.25) is 14.4 Å². The molecule has 0 aliphatic carbocycles. The Labute approximate surface area is 186 Å². The monoisotopic (exact) mass is 441 g/mol. The largest absolute Gasteiger partial charge is 0.497 e. The summed E-state index contributed by atoms with van der Waals surface area (Å²) < 4.78 is 15.2. The summed E-state index contributed by atoms with van der Waals surface area (Å²) >= 11 is 0. The number of hydrogen-bond acceptors (Lipinski definition) is 7. The highest BCUT2D eigenvalue weighted by molar-refractivity contribution is 5.98. The van der Waals surface area contributed by atoms with Crippen LogP contribution in [0.15, 0.2) is 48.5 Å². The maximum atomic E-state index is 12.1. The summed E-state index contributed by atoms with van der Waals surface area (Å²) in [5, 5.41) is 2.63. The third-order valence-corrected chi connectivity index (χ3v) is 4.43. The van der Waals surface area contributed by atoms with Crippen LogP contribution >= 0.6 is 0 Å². The summed E-state index contributed by atoms with van der Waals surface area (Å²) in [4.78, 5) is 48.1. The van der Waals surface area contributed by atoms with Crippen molar-refractivity contribution in [2.45, 2.75) is 32.6 Å². The molecular formula is C24H27NO7. The number of ketones is 1. The predicted octanol–water partition coefficient (Wildman–Crippen LogP) is 3.80. The fourth-order valence-corrected chi connectivity index (χ4v) is 2.65. The second-order valence-corrected chi connectivity index (χ2v) is 6.93. The van der Waals surface area contributed by atoms with E-state index >= 15 is 0 Å². The Bertz CT molecular complexity index is 955. The summed E-state index contributed by atoms with van der Waals surface area (Å²) in [6.07, 6.45) is 1.39. The fourth-order valence-electron chi connectivity index (χ4n) is 2.65. The van der Waals surface area contributed by atoms with Crippen LogP contribution in [0.25, 0.3) is 0 Å². The van der Waals surface area contributed by atoms with Gasteiger partial charge in [0.15, 0.2) is 12.4 Å². The van der Waals surface area contributed by atoms with Gasteiger partial charge in [0.1, 0.15) is 5.75 Å². The van der Waals surface area contributed by atoms with E-state index in [-0.39, 0.29) is 18.6 Å². The number of rotatable bonds is 12. The molecular weight excluding hydrogens is 414 g/mol. The second kappa shape index (κ2) is 12.9. The van der Waals surface area contributed by atoms with E-state index in [4.69, 9.17) is 14.2 Å². The molecule has 1 N–H and O–H groups in total. The summed E-state index contributed by atoms with van der Waals surface area (Å²) in [6, 6.07) is 12.9. The third kappa shape index (κ3) is 8.22. The zero-order valence-electron chi connectivity index (χ0n) is 18.2. The lowest BCUT2D eigenvalue weighted by Crippen LogP contribution is -2.17. The number of ether oxygens (including phenoxy) is 3. The smallest absolute Gasteiger partial charge is 0.338 e. The Hall–Kier alpha value is -3.68. The second-order valence-electron chi connectivity index (χ2n) is 6.93. The highest BCUT2D eigenvalue weighted by Gasteiger charge is 2.13. The van der Waals surface area contributed by atoms with Crippen LogP contribution in [-0.2, 0) is 19.1 Å². The van der Waals surface area contributed by atoms with Gasteiger partial charge >= 0.3 is 11.9 Å². The first-order valence-electron chi connectivity index (χ1n) is 10.3. The van der Waals surface area contributed by atoms with Crippen molar-refractivity contribution in [2.75, 3.05) is 25.6 Å². The Morgan fingerprint density at radius 2 is 1.66 bits per heavy atom. The number of unbranched alkanes of at least 4 members (excludes halogenated alkanes) is 1. The van der Waals surface area contributed by atoms with Crippen molar-refractivity contribution >= 4 is 29.3 Å². The Morgan fingerprint density at radius 3 is 2.41 bits per heavy atom. The van der Waals surface area contributed by atoms with E-state index in [0.29, 0.717) is 29.2 Å². The van der Waals surface area contributed by atoms with Crippen LogP contribution in [0.5, 0.6) is 5.75 Å².